The number of rotatable bonds is 3. The molecule has 19 heavy (non-hydrogen) atoms. The van der Waals surface area contributed by atoms with Crippen LogP contribution in [-0.2, 0) is 0 Å². The third kappa shape index (κ3) is 2.45. The molecule has 0 aromatic heterocycles. The van der Waals surface area contributed by atoms with E-state index in [1.54, 1.807) is 0 Å². The summed E-state index contributed by atoms with van der Waals surface area (Å²) in [5, 5.41) is 4.52. The van der Waals surface area contributed by atoms with Crippen molar-refractivity contribution in [1.82, 2.24) is 10.3 Å². The van der Waals surface area contributed by atoms with Gasteiger partial charge in [0.2, 0.25) is 0 Å². The summed E-state index contributed by atoms with van der Waals surface area (Å²) in [6, 6.07) is 8.70. The van der Waals surface area contributed by atoms with Crippen LogP contribution < -0.4 is 10.2 Å². The second-order valence-corrected chi connectivity index (χ2v) is 5.33. The fourth-order valence-electron chi connectivity index (χ4n) is 2.95. The zero-order valence-electron chi connectivity index (χ0n) is 11.6. The first kappa shape index (κ1) is 12.5. The van der Waals surface area contributed by atoms with Crippen molar-refractivity contribution in [3.8, 4) is 5.75 Å². The van der Waals surface area contributed by atoms with Gasteiger partial charge in [-0.2, -0.15) is 5.10 Å². The fourth-order valence-corrected chi connectivity index (χ4v) is 2.95. The molecule has 3 rings (SSSR count). The van der Waals surface area contributed by atoms with Gasteiger partial charge < -0.3 is 15.1 Å². The van der Waals surface area contributed by atoms with Crippen molar-refractivity contribution >= 4 is 5.71 Å². The maximum Gasteiger partial charge on any atom is 0.119 e. The topological polar surface area (TPSA) is 36.9 Å². The number of ether oxygens (including phenoxy) is 1. The predicted molar refractivity (Wildman–Crippen MR) is 76.5 cm³/mol. The number of likely N-dealkylation sites (tertiary alicyclic amines) is 1. The largest absolute Gasteiger partial charge is 0.494 e. The third-order valence-corrected chi connectivity index (χ3v) is 3.99. The summed E-state index contributed by atoms with van der Waals surface area (Å²) < 4.78 is 5.49. The highest BCUT2D eigenvalue weighted by Crippen LogP contribution is 2.32. The molecule has 0 amide bonds. The number of hydrogen-bond donors (Lipinski definition) is 1. The quantitative estimate of drug-likeness (QED) is 0.902. The van der Waals surface area contributed by atoms with E-state index < -0.39 is 0 Å². The molecule has 2 aliphatic rings. The molecule has 102 valence electrons. The Bertz CT molecular complexity index is 469. The highest BCUT2D eigenvalue weighted by molar-refractivity contribution is 5.89. The Labute approximate surface area is 114 Å². The van der Waals surface area contributed by atoms with E-state index in [-0.39, 0.29) is 0 Å². The molecule has 2 heterocycles. The number of hydrogen-bond acceptors (Lipinski definition) is 4. The Balaban J connectivity index is 1.75. The van der Waals surface area contributed by atoms with Crippen LogP contribution in [0.15, 0.2) is 29.4 Å². The lowest BCUT2D eigenvalue weighted by atomic mass is 9.86. The number of nitrogens with one attached hydrogen (secondary N) is 1. The number of hydrazone groups is 1. The molecular formula is C15H21N3O. The molecule has 0 radical (unpaired) electrons. The number of fused-ring (bicyclic) bond motifs is 1. The van der Waals surface area contributed by atoms with E-state index in [1.165, 1.54) is 11.3 Å². The second kappa shape index (κ2) is 5.21. The average Bonchev–Trinajstić information content (AvgIpc) is 2.83. The Hall–Kier alpha value is -1.55. The normalized spacial score (nSPS) is 26.5. The molecule has 2 unspecified atom stereocenters. The molecule has 0 spiro atoms. The van der Waals surface area contributed by atoms with Crippen molar-refractivity contribution in [2.75, 3.05) is 26.7 Å². The number of benzene rings is 1. The summed E-state index contributed by atoms with van der Waals surface area (Å²) in [4.78, 5) is 2.39. The van der Waals surface area contributed by atoms with Gasteiger partial charge in [-0.15, -0.1) is 0 Å². The fraction of sp³-hybridized carbons (Fsp3) is 0.533. The van der Waals surface area contributed by atoms with Crippen LogP contribution in [0.4, 0.5) is 0 Å². The minimum absolute atomic E-state index is 0.313. The highest BCUT2D eigenvalue weighted by Gasteiger charge is 2.35. The van der Waals surface area contributed by atoms with Crippen molar-refractivity contribution < 1.29 is 4.74 Å². The Morgan fingerprint density at radius 3 is 2.89 bits per heavy atom. The summed E-state index contributed by atoms with van der Waals surface area (Å²) in [6.07, 6.45) is 1.09. The summed E-state index contributed by atoms with van der Waals surface area (Å²) in [6.45, 7) is 4.92. The molecule has 0 aliphatic carbocycles. The van der Waals surface area contributed by atoms with Gasteiger partial charge in [-0.05, 0) is 31.7 Å². The van der Waals surface area contributed by atoms with Crippen LogP contribution in [0.1, 0.15) is 24.9 Å². The minimum atomic E-state index is 0.313. The number of nitrogens with zero attached hydrogens (tertiary/aromatic N) is 2. The second-order valence-electron chi connectivity index (χ2n) is 5.33. The zero-order chi connectivity index (χ0) is 13.2. The molecule has 1 fully saturated rings. The maximum absolute atomic E-state index is 5.49. The SMILES string of the molecule is CCOc1ccc(C2NN=C3CCN(C)CC32)cc1. The van der Waals surface area contributed by atoms with Crippen LogP contribution in [0, 0.1) is 5.92 Å². The lowest BCUT2D eigenvalue weighted by molar-refractivity contribution is 0.272. The summed E-state index contributed by atoms with van der Waals surface area (Å²) in [5.41, 5.74) is 5.93. The lowest BCUT2D eigenvalue weighted by Crippen LogP contribution is -2.39. The van der Waals surface area contributed by atoms with Crippen LogP contribution >= 0.6 is 0 Å². The molecule has 0 saturated carbocycles. The Morgan fingerprint density at radius 2 is 2.16 bits per heavy atom. The van der Waals surface area contributed by atoms with Crippen LogP contribution in [0.2, 0.25) is 0 Å². The summed E-state index contributed by atoms with van der Waals surface area (Å²) >= 11 is 0. The Morgan fingerprint density at radius 1 is 1.37 bits per heavy atom. The smallest absolute Gasteiger partial charge is 0.119 e. The van der Waals surface area contributed by atoms with E-state index in [4.69, 9.17) is 4.74 Å². The molecule has 1 saturated heterocycles. The molecule has 1 aromatic rings. The van der Waals surface area contributed by atoms with Gasteiger partial charge in [0.1, 0.15) is 5.75 Å². The summed E-state index contributed by atoms with van der Waals surface area (Å²) in [5.74, 6) is 1.45. The van der Waals surface area contributed by atoms with E-state index in [9.17, 15) is 0 Å². The molecule has 2 aliphatic heterocycles. The van der Waals surface area contributed by atoms with Gasteiger partial charge in [-0.1, -0.05) is 12.1 Å². The van der Waals surface area contributed by atoms with Crippen LogP contribution in [0.25, 0.3) is 0 Å². The Kier molecular flexibility index (Phi) is 3.42. The average molecular weight is 259 g/mol. The third-order valence-electron chi connectivity index (χ3n) is 3.99. The lowest BCUT2D eigenvalue weighted by Gasteiger charge is -2.30. The van der Waals surface area contributed by atoms with Crippen molar-refractivity contribution in [1.29, 1.82) is 0 Å². The summed E-state index contributed by atoms with van der Waals surface area (Å²) in [7, 11) is 2.18. The van der Waals surface area contributed by atoms with Crippen LogP contribution in [0.3, 0.4) is 0 Å². The van der Waals surface area contributed by atoms with Crippen LogP contribution in [-0.4, -0.2) is 37.4 Å². The van der Waals surface area contributed by atoms with E-state index in [0.29, 0.717) is 18.6 Å². The van der Waals surface area contributed by atoms with Gasteiger partial charge in [0, 0.05) is 31.1 Å². The van der Waals surface area contributed by atoms with Gasteiger partial charge >= 0.3 is 0 Å². The highest BCUT2D eigenvalue weighted by atomic mass is 16.5. The number of piperidine rings is 1. The molecule has 1 aromatic carbocycles. The maximum atomic E-state index is 5.49. The molecule has 4 heteroatoms. The van der Waals surface area contributed by atoms with E-state index in [2.05, 4.69) is 34.6 Å². The van der Waals surface area contributed by atoms with Gasteiger partial charge in [-0.3, -0.25) is 0 Å². The standard InChI is InChI=1S/C15H21N3O/c1-3-19-12-6-4-11(5-7-12)15-13-10-18(2)9-8-14(13)16-17-15/h4-7,13,15,17H,3,8-10H2,1-2H3. The zero-order valence-corrected chi connectivity index (χ0v) is 11.6. The van der Waals surface area contributed by atoms with E-state index >= 15 is 0 Å². The first-order valence-corrected chi connectivity index (χ1v) is 7.01. The van der Waals surface area contributed by atoms with Crippen molar-refractivity contribution in [3.63, 3.8) is 0 Å². The molecule has 4 nitrogen and oxygen atoms in total. The van der Waals surface area contributed by atoms with Crippen molar-refractivity contribution in [2.45, 2.75) is 19.4 Å². The van der Waals surface area contributed by atoms with Gasteiger partial charge in [0.25, 0.3) is 0 Å². The first-order chi connectivity index (χ1) is 9.28. The van der Waals surface area contributed by atoms with Gasteiger partial charge in [0.05, 0.1) is 12.6 Å². The van der Waals surface area contributed by atoms with Gasteiger partial charge in [0.15, 0.2) is 0 Å². The minimum Gasteiger partial charge on any atom is -0.494 e. The molecule has 0 bridgehead atoms. The van der Waals surface area contributed by atoms with E-state index in [1.807, 2.05) is 19.1 Å². The van der Waals surface area contributed by atoms with Crippen LogP contribution in [0.5, 0.6) is 5.75 Å². The van der Waals surface area contributed by atoms with Crippen molar-refractivity contribution in [2.24, 2.45) is 11.0 Å². The van der Waals surface area contributed by atoms with Gasteiger partial charge in [-0.25, -0.2) is 0 Å². The molecule has 2 atom stereocenters. The first-order valence-electron chi connectivity index (χ1n) is 7.01. The molecule has 1 N–H and O–H groups in total. The van der Waals surface area contributed by atoms with Crippen molar-refractivity contribution in [3.05, 3.63) is 29.8 Å². The van der Waals surface area contributed by atoms with E-state index in [0.717, 1.165) is 25.3 Å². The monoisotopic (exact) mass is 259 g/mol. The molecular weight excluding hydrogens is 238 g/mol. The predicted octanol–water partition coefficient (Wildman–Crippen LogP) is 2.04.